The lowest BCUT2D eigenvalue weighted by molar-refractivity contribution is -0.192. The van der Waals surface area contributed by atoms with E-state index in [1.54, 1.807) is 4.90 Å². The summed E-state index contributed by atoms with van der Waals surface area (Å²) in [6.07, 6.45) is -3.26. The molecule has 1 saturated heterocycles. The van der Waals surface area contributed by atoms with Crippen molar-refractivity contribution in [2.45, 2.75) is 25.4 Å². The first kappa shape index (κ1) is 16.2. The molecular weight excluding hydrogens is 257 g/mol. The Bertz CT molecular complexity index is 330. The molecule has 1 aliphatic heterocycles. The molecule has 0 aliphatic carbocycles. The second kappa shape index (κ2) is 6.82. The largest absolute Gasteiger partial charge is 0.490 e. The Labute approximate surface area is 101 Å². The van der Waals surface area contributed by atoms with Gasteiger partial charge in [-0.15, -0.1) is 0 Å². The molecule has 0 unspecified atom stereocenters. The van der Waals surface area contributed by atoms with Crippen LogP contribution in [0.15, 0.2) is 0 Å². The number of halogens is 3. The highest BCUT2D eigenvalue weighted by molar-refractivity contribution is 5.79. The first-order valence-corrected chi connectivity index (χ1v) is 5.00. The number of carbonyl (C=O) groups excluding carboxylic acids is 2. The minimum absolute atomic E-state index is 0.145. The Hall–Kier alpha value is -1.80. The van der Waals surface area contributed by atoms with E-state index in [1.807, 2.05) is 0 Å². The standard InChI is InChI=1S/C7H12N2O2.C2HF3O2/c8-6(10)3-5-9-4-1-2-7(9)11;3-2(4,5)1(6)7/h1-5H2,(H2,8,10);(H,6,7). The van der Waals surface area contributed by atoms with Gasteiger partial charge in [0, 0.05) is 25.9 Å². The maximum atomic E-state index is 11.0. The van der Waals surface area contributed by atoms with Gasteiger partial charge in [-0.05, 0) is 6.42 Å². The fraction of sp³-hybridized carbons (Fsp3) is 0.667. The van der Waals surface area contributed by atoms with Crippen molar-refractivity contribution in [2.24, 2.45) is 5.73 Å². The molecule has 0 aromatic heterocycles. The molecule has 3 N–H and O–H groups in total. The topological polar surface area (TPSA) is 101 Å². The number of rotatable bonds is 3. The van der Waals surface area contributed by atoms with Crippen LogP contribution in [0.4, 0.5) is 13.2 Å². The van der Waals surface area contributed by atoms with E-state index in [-0.39, 0.29) is 18.2 Å². The summed E-state index contributed by atoms with van der Waals surface area (Å²) >= 11 is 0. The fourth-order valence-corrected chi connectivity index (χ4v) is 1.19. The number of nitrogens with zero attached hydrogens (tertiary/aromatic N) is 1. The molecule has 0 aromatic rings. The normalized spacial score (nSPS) is 15.1. The molecular formula is C9H13F3N2O4. The van der Waals surface area contributed by atoms with Crippen LogP contribution in [0.1, 0.15) is 19.3 Å². The first-order chi connectivity index (χ1) is 8.14. The third-order valence-corrected chi connectivity index (χ3v) is 2.04. The van der Waals surface area contributed by atoms with Crippen LogP contribution < -0.4 is 5.73 Å². The van der Waals surface area contributed by atoms with Crippen molar-refractivity contribution in [1.82, 2.24) is 4.90 Å². The molecule has 104 valence electrons. The first-order valence-electron chi connectivity index (χ1n) is 5.00. The zero-order valence-corrected chi connectivity index (χ0v) is 9.37. The maximum Gasteiger partial charge on any atom is 0.490 e. The Kier molecular flexibility index (Phi) is 6.14. The van der Waals surface area contributed by atoms with Gasteiger partial charge in [0.25, 0.3) is 0 Å². The molecule has 1 aliphatic rings. The Morgan fingerprint density at radius 3 is 2.17 bits per heavy atom. The smallest absolute Gasteiger partial charge is 0.475 e. The summed E-state index contributed by atoms with van der Waals surface area (Å²) in [5, 5.41) is 7.12. The Morgan fingerprint density at radius 2 is 1.89 bits per heavy atom. The lowest BCUT2D eigenvalue weighted by Gasteiger charge is -2.13. The summed E-state index contributed by atoms with van der Waals surface area (Å²) in [5.74, 6) is -2.96. The number of primary amides is 1. The average molecular weight is 270 g/mol. The molecule has 0 saturated carbocycles. The molecule has 6 nitrogen and oxygen atoms in total. The van der Waals surface area contributed by atoms with Gasteiger partial charge in [-0.1, -0.05) is 0 Å². The zero-order chi connectivity index (χ0) is 14.3. The third-order valence-electron chi connectivity index (χ3n) is 2.04. The molecule has 18 heavy (non-hydrogen) atoms. The van der Waals surface area contributed by atoms with Crippen molar-refractivity contribution >= 4 is 17.8 Å². The molecule has 1 heterocycles. The number of hydrogen-bond donors (Lipinski definition) is 2. The number of nitrogens with two attached hydrogens (primary N) is 1. The van der Waals surface area contributed by atoms with Gasteiger partial charge in [0.05, 0.1) is 0 Å². The number of likely N-dealkylation sites (tertiary alicyclic amines) is 1. The summed E-state index contributed by atoms with van der Waals surface area (Å²) in [6.45, 7) is 1.28. The number of hydrogen-bond acceptors (Lipinski definition) is 3. The second-order valence-electron chi connectivity index (χ2n) is 3.50. The number of aliphatic carboxylic acids is 1. The molecule has 2 amide bonds. The lowest BCUT2D eigenvalue weighted by Crippen LogP contribution is -2.28. The number of carboxylic acids is 1. The van der Waals surface area contributed by atoms with Gasteiger partial charge >= 0.3 is 12.1 Å². The van der Waals surface area contributed by atoms with Crippen molar-refractivity contribution < 1.29 is 32.7 Å². The highest BCUT2D eigenvalue weighted by Crippen LogP contribution is 2.13. The van der Waals surface area contributed by atoms with Crippen LogP contribution in [0.25, 0.3) is 0 Å². The van der Waals surface area contributed by atoms with E-state index in [2.05, 4.69) is 0 Å². The average Bonchev–Trinajstić information content (AvgIpc) is 2.60. The maximum absolute atomic E-state index is 11.0. The summed E-state index contributed by atoms with van der Waals surface area (Å²) in [6, 6.07) is 0. The SMILES string of the molecule is NC(=O)CCN1CCCC1=O.O=C(O)C(F)(F)F. The quantitative estimate of drug-likeness (QED) is 0.760. The highest BCUT2D eigenvalue weighted by Gasteiger charge is 2.38. The van der Waals surface area contributed by atoms with Crippen LogP contribution in [-0.4, -0.2) is 47.1 Å². The van der Waals surface area contributed by atoms with E-state index in [0.717, 1.165) is 13.0 Å². The summed E-state index contributed by atoms with van der Waals surface area (Å²) in [4.78, 5) is 31.9. The van der Waals surface area contributed by atoms with Crippen molar-refractivity contribution in [2.75, 3.05) is 13.1 Å². The molecule has 0 radical (unpaired) electrons. The van der Waals surface area contributed by atoms with Crippen molar-refractivity contribution in [3.05, 3.63) is 0 Å². The van der Waals surface area contributed by atoms with Gasteiger partial charge in [0.1, 0.15) is 0 Å². The van der Waals surface area contributed by atoms with Crippen LogP contribution in [0, 0.1) is 0 Å². The zero-order valence-electron chi connectivity index (χ0n) is 9.37. The lowest BCUT2D eigenvalue weighted by atomic mass is 10.4. The summed E-state index contributed by atoms with van der Waals surface area (Å²) in [5.41, 5.74) is 4.94. The summed E-state index contributed by atoms with van der Waals surface area (Å²) < 4.78 is 31.7. The molecule has 1 rings (SSSR count). The van der Waals surface area contributed by atoms with Crippen molar-refractivity contribution in [3.8, 4) is 0 Å². The third kappa shape index (κ3) is 6.71. The Morgan fingerprint density at radius 1 is 1.39 bits per heavy atom. The molecule has 0 spiro atoms. The minimum atomic E-state index is -5.08. The predicted molar refractivity (Wildman–Crippen MR) is 53.3 cm³/mol. The van der Waals surface area contributed by atoms with Gasteiger partial charge in [-0.25, -0.2) is 4.79 Å². The minimum Gasteiger partial charge on any atom is -0.475 e. The fourth-order valence-electron chi connectivity index (χ4n) is 1.19. The number of amides is 2. The van der Waals surface area contributed by atoms with E-state index in [9.17, 15) is 22.8 Å². The number of alkyl halides is 3. The van der Waals surface area contributed by atoms with Crippen molar-refractivity contribution in [1.29, 1.82) is 0 Å². The molecule has 0 atom stereocenters. The number of carboxylic acid groups (broad SMARTS) is 1. The molecule has 0 bridgehead atoms. The monoisotopic (exact) mass is 270 g/mol. The van der Waals surface area contributed by atoms with Gasteiger partial charge in [0.2, 0.25) is 11.8 Å². The van der Waals surface area contributed by atoms with Gasteiger partial charge in [0.15, 0.2) is 0 Å². The van der Waals surface area contributed by atoms with Gasteiger partial charge in [-0.3, -0.25) is 9.59 Å². The van der Waals surface area contributed by atoms with E-state index < -0.39 is 12.1 Å². The van der Waals surface area contributed by atoms with Crippen LogP contribution in [0.3, 0.4) is 0 Å². The molecule has 1 fully saturated rings. The summed E-state index contributed by atoms with van der Waals surface area (Å²) in [7, 11) is 0. The van der Waals surface area contributed by atoms with Gasteiger partial charge in [-0.2, -0.15) is 13.2 Å². The number of carbonyl (C=O) groups is 3. The van der Waals surface area contributed by atoms with Crippen LogP contribution in [0.2, 0.25) is 0 Å². The van der Waals surface area contributed by atoms with E-state index in [1.165, 1.54) is 0 Å². The van der Waals surface area contributed by atoms with Crippen LogP contribution in [0.5, 0.6) is 0 Å². The highest BCUT2D eigenvalue weighted by atomic mass is 19.4. The van der Waals surface area contributed by atoms with Crippen molar-refractivity contribution in [3.63, 3.8) is 0 Å². The second-order valence-corrected chi connectivity index (χ2v) is 3.50. The molecule has 0 aromatic carbocycles. The van der Waals surface area contributed by atoms with E-state index in [0.29, 0.717) is 13.0 Å². The molecule has 9 heteroatoms. The van der Waals surface area contributed by atoms with Gasteiger partial charge < -0.3 is 15.7 Å². The van der Waals surface area contributed by atoms with E-state index >= 15 is 0 Å². The van der Waals surface area contributed by atoms with Crippen LogP contribution in [-0.2, 0) is 14.4 Å². The van der Waals surface area contributed by atoms with Crippen LogP contribution >= 0.6 is 0 Å². The van der Waals surface area contributed by atoms with E-state index in [4.69, 9.17) is 15.6 Å². The Balaban J connectivity index is 0.000000360. The predicted octanol–water partition coefficient (Wildman–Crippen LogP) is 0.117.